The highest BCUT2D eigenvalue weighted by atomic mass is 16.5. The second-order valence-electron chi connectivity index (χ2n) is 5.54. The molecule has 1 aromatic rings. The second kappa shape index (κ2) is 5.22. The zero-order chi connectivity index (χ0) is 14.0. The number of nitrogens with one attached hydrogen (secondary N) is 1. The molecular weight excluding hydrogens is 236 g/mol. The molecule has 19 heavy (non-hydrogen) atoms. The summed E-state index contributed by atoms with van der Waals surface area (Å²) in [6, 6.07) is 6.79. The number of hydrogen-bond donors (Lipinski definition) is 1. The summed E-state index contributed by atoms with van der Waals surface area (Å²) < 4.78 is 5.55. The van der Waals surface area contributed by atoms with E-state index in [0.29, 0.717) is 0 Å². The molecule has 1 aliphatic rings. The van der Waals surface area contributed by atoms with Gasteiger partial charge in [-0.15, -0.1) is 0 Å². The summed E-state index contributed by atoms with van der Waals surface area (Å²) in [5, 5.41) is 12.9. The van der Waals surface area contributed by atoms with Crippen molar-refractivity contribution in [2.24, 2.45) is 5.41 Å². The van der Waals surface area contributed by atoms with Gasteiger partial charge in [-0.1, -0.05) is 12.5 Å². The third kappa shape index (κ3) is 2.21. The number of nitrogens with zero attached hydrogens (tertiary/aromatic N) is 1. The van der Waals surface area contributed by atoms with Crippen LogP contribution in [0.5, 0.6) is 5.75 Å². The summed E-state index contributed by atoms with van der Waals surface area (Å²) in [5.41, 5.74) is 3.24. The Kier molecular flexibility index (Phi) is 3.82. The molecule has 1 aliphatic carbocycles. The first-order valence-corrected chi connectivity index (χ1v) is 6.81. The lowest BCUT2D eigenvalue weighted by atomic mass is 9.63. The molecule has 0 aromatic heterocycles. The summed E-state index contributed by atoms with van der Waals surface area (Å²) in [4.78, 5) is 0. The topological polar surface area (TPSA) is 45.0 Å². The first kappa shape index (κ1) is 13.9. The van der Waals surface area contributed by atoms with Crippen molar-refractivity contribution < 1.29 is 4.74 Å². The van der Waals surface area contributed by atoms with Crippen LogP contribution in [0.4, 0.5) is 0 Å². The van der Waals surface area contributed by atoms with Crippen molar-refractivity contribution in [3.63, 3.8) is 0 Å². The van der Waals surface area contributed by atoms with Crippen LogP contribution >= 0.6 is 0 Å². The Morgan fingerprint density at radius 2 is 2.05 bits per heavy atom. The first-order valence-electron chi connectivity index (χ1n) is 6.81. The molecule has 1 N–H and O–H groups in total. The van der Waals surface area contributed by atoms with Crippen LogP contribution < -0.4 is 10.1 Å². The van der Waals surface area contributed by atoms with Gasteiger partial charge in [0.2, 0.25) is 0 Å². The minimum Gasteiger partial charge on any atom is -0.496 e. The van der Waals surface area contributed by atoms with Gasteiger partial charge in [0.05, 0.1) is 24.6 Å². The van der Waals surface area contributed by atoms with Crippen molar-refractivity contribution >= 4 is 0 Å². The van der Waals surface area contributed by atoms with Crippen molar-refractivity contribution in [1.82, 2.24) is 5.32 Å². The van der Waals surface area contributed by atoms with E-state index in [1.807, 2.05) is 7.05 Å². The molecule has 0 radical (unpaired) electrons. The van der Waals surface area contributed by atoms with Gasteiger partial charge < -0.3 is 10.1 Å². The molecule has 0 heterocycles. The number of nitriles is 1. The molecule has 0 saturated heterocycles. The summed E-state index contributed by atoms with van der Waals surface area (Å²) >= 11 is 0. The minimum atomic E-state index is -0.276. The third-order valence-electron chi connectivity index (χ3n) is 4.31. The predicted molar refractivity (Wildman–Crippen MR) is 76.2 cm³/mol. The van der Waals surface area contributed by atoms with E-state index in [1.165, 1.54) is 11.1 Å². The minimum absolute atomic E-state index is 0.0433. The highest BCUT2D eigenvalue weighted by molar-refractivity contribution is 5.47. The van der Waals surface area contributed by atoms with E-state index in [2.05, 4.69) is 37.4 Å². The van der Waals surface area contributed by atoms with Crippen molar-refractivity contribution in [2.45, 2.75) is 39.2 Å². The molecule has 1 unspecified atom stereocenters. The number of hydrogen-bond acceptors (Lipinski definition) is 3. The van der Waals surface area contributed by atoms with Gasteiger partial charge in [0.1, 0.15) is 5.75 Å². The van der Waals surface area contributed by atoms with Crippen LogP contribution in [-0.4, -0.2) is 14.2 Å². The number of methoxy groups -OCH3 is 1. The van der Waals surface area contributed by atoms with E-state index in [4.69, 9.17) is 4.74 Å². The van der Waals surface area contributed by atoms with E-state index in [9.17, 15) is 5.26 Å². The van der Waals surface area contributed by atoms with Gasteiger partial charge in [-0.3, -0.25) is 0 Å². The molecule has 3 nitrogen and oxygen atoms in total. The molecule has 0 spiro atoms. The maximum atomic E-state index is 9.58. The number of aryl methyl sites for hydroxylation is 2. The van der Waals surface area contributed by atoms with Gasteiger partial charge in [0, 0.05) is 5.56 Å². The van der Waals surface area contributed by atoms with Crippen molar-refractivity contribution in [3.8, 4) is 11.8 Å². The molecule has 0 bridgehead atoms. The van der Waals surface area contributed by atoms with E-state index in [1.54, 1.807) is 7.11 Å². The SMILES string of the molecule is CNC(c1c(C)cc(C)cc1OC)C1(C#N)CCC1. The smallest absolute Gasteiger partial charge is 0.124 e. The fourth-order valence-electron chi connectivity index (χ4n) is 3.20. The van der Waals surface area contributed by atoms with E-state index >= 15 is 0 Å². The maximum absolute atomic E-state index is 9.58. The average Bonchev–Trinajstić information content (AvgIpc) is 2.34. The van der Waals surface area contributed by atoms with Gasteiger partial charge in [-0.2, -0.15) is 5.26 Å². The third-order valence-corrected chi connectivity index (χ3v) is 4.31. The summed E-state index contributed by atoms with van der Waals surface area (Å²) in [7, 11) is 3.63. The van der Waals surface area contributed by atoms with Crippen LogP contribution in [0.2, 0.25) is 0 Å². The summed E-state index contributed by atoms with van der Waals surface area (Å²) in [5.74, 6) is 0.887. The largest absolute Gasteiger partial charge is 0.496 e. The van der Waals surface area contributed by atoms with Crippen LogP contribution in [0.3, 0.4) is 0 Å². The second-order valence-corrected chi connectivity index (χ2v) is 5.54. The summed E-state index contributed by atoms with van der Waals surface area (Å²) in [6.07, 6.45) is 3.07. The van der Waals surface area contributed by atoms with E-state index in [-0.39, 0.29) is 11.5 Å². The van der Waals surface area contributed by atoms with Crippen molar-refractivity contribution in [1.29, 1.82) is 5.26 Å². The zero-order valence-electron chi connectivity index (χ0n) is 12.2. The van der Waals surface area contributed by atoms with E-state index in [0.717, 1.165) is 30.6 Å². The van der Waals surface area contributed by atoms with Crippen LogP contribution in [0.15, 0.2) is 12.1 Å². The monoisotopic (exact) mass is 258 g/mol. The Morgan fingerprint density at radius 1 is 1.37 bits per heavy atom. The molecule has 2 rings (SSSR count). The van der Waals surface area contributed by atoms with Crippen LogP contribution in [0.1, 0.15) is 42.0 Å². The van der Waals surface area contributed by atoms with Gasteiger partial charge in [-0.25, -0.2) is 0 Å². The lowest BCUT2D eigenvalue weighted by molar-refractivity contribution is 0.146. The average molecular weight is 258 g/mol. The number of benzene rings is 1. The van der Waals surface area contributed by atoms with Gasteiger partial charge >= 0.3 is 0 Å². The Balaban J connectivity index is 2.53. The molecular formula is C16H22N2O. The normalized spacial score (nSPS) is 18.3. The fourth-order valence-corrected chi connectivity index (χ4v) is 3.20. The van der Waals surface area contributed by atoms with Gasteiger partial charge in [-0.05, 0) is 50.9 Å². The van der Waals surface area contributed by atoms with Gasteiger partial charge in [0.25, 0.3) is 0 Å². The highest BCUT2D eigenvalue weighted by Crippen LogP contribution is 2.51. The molecule has 1 fully saturated rings. The summed E-state index contributed by atoms with van der Waals surface area (Å²) in [6.45, 7) is 4.16. The number of rotatable bonds is 4. The Morgan fingerprint density at radius 3 is 2.47 bits per heavy atom. The van der Waals surface area contributed by atoms with Crippen molar-refractivity contribution in [3.05, 3.63) is 28.8 Å². The first-order chi connectivity index (χ1) is 9.07. The Labute approximate surface area is 115 Å². The fraction of sp³-hybridized carbons (Fsp3) is 0.562. The molecule has 1 aromatic carbocycles. The lowest BCUT2D eigenvalue weighted by Gasteiger charge is -2.43. The molecule has 1 saturated carbocycles. The molecule has 1 atom stereocenters. The Hall–Kier alpha value is -1.53. The molecule has 0 amide bonds. The standard InChI is InChI=1S/C16H22N2O/c1-11-8-12(2)14(13(9-11)19-4)15(18-3)16(10-17)6-5-7-16/h8-9,15,18H,5-7H2,1-4H3. The zero-order valence-corrected chi connectivity index (χ0v) is 12.2. The van der Waals surface area contributed by atoms with Gasteiger partial charge in [0.15, 0.2) is 0 Å². The maximum Gasteiger partial charge on any atom is 0.124 e. The van der Waals surface area contributed by atoms with Crippen LogP contribution in [0.25, 0.3) is 0 Å². The van der Waals surface area contributed by atoms with E-state index < -0.39 is 0 Å². The van der Waals surface area contributed by atoms with Crippen LogP contribution in [0, 0.1) is 30.6 Å². The molecule has 3 heteroatoms. The van der Waals surface area contributed by atoms with Crippen molar-refractivity contribution in [2.75, 3.05) is 14.2 Å². The van der Waals surface area contributed by atoms with Crippen LogP contribution in [-0.2, 0) is 0 Å². The highest BCUT2D eigenvalue weighted by Gasteiger charge is 2.46. The quantitative estimate of drug-likeness (QED) is 0.901. The Bertz CT molecular complexity index is 512. The number of ether oxygens (including phenoxy) is 1. The molecule has 0 aliphatic heterocycles. The molecule has 102 valence electrons. The predicted octanol–water partition coefficient (Wildman–Crippen LogP) is 3.27. The lowest BCUT2D eigenvalue weighted by Crippen LogP contribution is -2.41.